The van der Waals surface area contributed by atoms with Crippen molar-refractivity contribution in [2.45, 2.75) is 19.3 Å². The maximum Gasteiger partial charge on any atom is 1.00 e. The van der Waals surface area contributed by atoms with Crippen LogP contribution in [0.2, 0.25) is 0 Å². The summed E-state index contributed by atoms with van der Waals surface area (Å²) < 4.78 is 5.69. The van der Waals surface area contributed by atoms with E-state index in [-0.39, 0.29) is 89.5 Å². The van der Waals surface area contributed by atoms with Crippen LogP contribution in [0.1, 0.15) is 46.2 Å². The monoisotopic (exact) mass is 2030 g/mol. The first-order valence-corrected chi connectivity index (χ1v) is 37.6. The molecule has 9 heteroatoms. The van der Waals surface area contributed by atoms with Crippen molar-refractivity contribution in [3.05, 3.63) is 375 Å². The quantitative estimate of drug-likeness (QED) is 0.0328. The SMILES string of the molecule is [Au+].[Au+].[Au+].[Au+].[C-]#Cc1ccc2c(c1)Cc1cc(C#[C-])ccc1-2.[C-]#Cc1ccc2c(c1)oc1cc(C#[C-])ccc12.c1ccc([PH+](CCCC[PH+](c2ccccc2)c2ccccc2)c2ccccc2)cc1.c1ccc([PH+](C[PH+](c2ccccc2)c2ccccc2)c2ccccc2)cc1. The zero-order chi connectivity index (χ0) is 62.4. The Labute approximate surface area is 630 Å². The molecule has 0 unspecified atom stereocenters. The number of unbranched alkanes of at least 4 members (excludes halogenated alkanes) is 1. The standard InChI is InChI=1S/C28H28P2.C25H22P2.C17H8.C16H6O.4Au/c1-5-15-25(16-6-1)29(26-17-7-2-8-18-26)23-13-14-24-30(27-19-9-3-10-20-27)28-21-11-4-12-22-28;1-5-13-22(14-6-1)26(23-15-7-2-8-16-23)21-27(24-17-9-3-10-18-24)25-19-11-4-12-20-25;1-3-12-5-7-16-14(9-12)11-15-10-13(4-2)6-8-17(15)16;1-3-11-5-7-13-14-8-6-12(4-2)10-16(14)17-15(13)9-11;;;;/h1-12,15-22H,13-14,23-24H2;1-20H,21H2;5-10H,11H2;5-10H;;;;/q;;2*-2;4*+1/p+4. The normalized spacial score (nSPS) is 10.5. The number of fused-ring (bicyclic) bond motifs is 6. The van der Waals surface area contributed by atoms with Gasteiger partial charge < -0.3 is 30.1 Å². The molecule has 0 amide bonds. The molecule has 0 N–H and O–H groups in total. The summed E-state index contributed by atoms with van der Waals surface area (Å²) in [5, 5.41) is 14.2. The van der Waals surface area contributed by atoms with Gasteiger partial charge in [0.2, 0.25) is 0 Å². The molecular weight excluding hydrogens is 1960 g/mol. The van der Waals surface area contributed by atoms with Crippen LogP contribution in [0.5, 0.6) is 0 Å². The van der Waals surface area contributed by atoms with Crippen LogP contribution >= 0.6 is 31.7 Å². The molecule has 0 aliphatic heterocycles. The number of benzene rings is 12. The summed E-state index contributed by atoms with van der Waals surface area (Å²) in [4.78, 5) is 0. The zero-order valence-electron chi connectivity index (χ0n) is 51.9. The summed E-state index contributed by atoms with van der Waals surface area (Å²) in [6.45, 7) is 0. The molecular formula is C86H68Au4OP4+4. The summed E-state index contributed by atoms with van der Waals surface area (Å²) in [5.74, 6) is 10.7. The number of furan rings is 1. The topological polar surface area (TPSA) is 13.1 Å². The van der Waals surface area contributed by atoms with Gasteiger partial charge in [-0.15, -0.1) is 58.7 Å². The Morgan fingerprint density at radius 2 is 0.505 bits per heavy atom. The minimum Gasteiger partial charge on any atom is -0.459 e. The molecule has 478 valence electrons. The van der Waals surface area contributed by atoms with E-state index in [1.807, 2.05) is 60.7 Å². The molecule has 1 aromatic heterocycles. The van der Waals surface area contributed by atoms with Crippen molar-refractivity contribution in [2.24, 2.45) is 0 Å². The van der Waals surface area contributed by atoms with E-state index >= 15 is 0 Å². The third kappa shape index (κ3) is 20.5. The Balaban J connectivity index is 0.000000181. The van der Waals surface area contributed by atoms with Crippen molar-refractivity contribution in [2.75, 3.05) is 18.2 Å². The van der Waals surface area contributed by atoms with Crippen molar-refractivity contribution in [3.63, 3.8) is 0 Å². The molecule has 0 radical (unpaired) electrons. The first-order chi connectivity index (χ1) is 45.0. The Hall–Kier alpha value is -6.64. The largest absolute Gasteiger partial charge is 1.00 e. The van der Waals surface area contributed by atoms with Gasteiger partial charge in [0.25, 0.3) is 0 Å². The van der Waals surface area contributed by atoms with Crippen molar-refractivity contribution >= 4 is 96.1 Å². The third-order valence-corrected chi connectivity index (χ3v) is 29.1. The molecule has 1 aliphatic rings. The third-order valence-electron chi connectivity index (χ3n) is 16.4. The Morgan fingerprint density at radius 1 is 0.274 bits per heavy atom. The smallest absolute Gasteiger partial charge is 0.459 e. The fourth-order valence-corrected chi connectivity index (χ4v) is 25.0. The van der Waals surface area contributed by atoms with E-state index in [9.17, 15) is 0 Å². The van der Waals surface area contributed by atoms with Gasteiger partial charge in [0.1, 0.15) is 48.2 Å². The van der Waals surface area contributed by atoms with Crippen LogP contribution in [0.4, 0.5) is 0 Å². The number of rotatable bonds is 15. The molecule has 14 rings (SSSR count). The van der Waals surface area contributed by atoms with Crippen LogP contribution in [0.3, 0.4) is 0 Å². The van der Waals surface area contributed by atoms with E-state index < -0.39 is 31.7 Å². The first-order valence-electron chi connectivity index (χ1n) is 30.8. The van der Waals surface area contributed by atoms with Gasteiger partial charge in [-0.25, -0.2) is 0 Å². The average molecular weight is 2030 g/mol. The van der Waals surface area contributed by atoms with Crippen LogP contribution in [0, 0.1) is 49.4 Å². The summed E-state index contributed by atoms with van der Waals surface area (Å²) in [6, 6.07) is 112. The Bertz CT molecular complexity index is 4190. The molecule has 1 aliphatic carbocycles. The first kappa shape index (κ1) is 75.7. The molecule has 0 saturated heterocycles. The second-order valence-corrected chi connectivity index (χ2v) is 33.0. The van der Waals surface area contributed by atoms with Crippen molar-refractivity contribution in [3.8, 4) is 34.8 Å². The van der Waals surface area contributed by atoms with E-state index in [0.717, 1.165) is 39.5 Å². The van der Waals surface area contributed by atoms with Gasteiger partial charge in [0, 0.05) is 10.8 Å². The Morgan fingerprint density at radius 3 is 0.758 bits per heavy atom. The maximum absolute atomic E-state index is 7.15. The summed E-state index contributed by atoms with van der Waals surface area (Å²) >= 11 is 0. The summed E-state index contributed by atoms with van der Waals surface area (Å²) in [7, 11) is -3.12. The molecule has 1 heterocycles. The molecule has 12 aromatic carbocycles. The van der Waals surface area contributed by atoms with Gasteiger partial charge in [0.05, 0.1) is 49.4 Å². The molecule has 0 saturated carbocycles. The van der Waals surface area contributed by atoms with E-state index in [0.29, 0.717) is 11.1 Å². The predicted octanol–water partition coefficient (Wildman–Crippen LogP) is 16.8. The second-order valence-electron chi connectivity index (χ2n) is 22.2. The van der Waals surface area contributed by atoms with Gasteiger partial charge in [0.15, 0.2) is 5.90 Å². The number of hydrogen-bond acceptors (Lipinski definition) is 1. The van der Waals surface area contributed by atoms with Gasteiger partial charge in [-0.2, -0.15) is 0 Å². The molecule has 0 atom stereocenters. The fraction of sp³-hybridized carbons (Fsp3) is 0.0698. The van der Waals surface area contributed by atoms with E-state index in [1.165, 1.54) is 95.8 Å². The van der Waals surface area contributed by atoms with Crippen LogP contribution < -0.4 is 42.4 Å². The predicted molar refractivity (Wildman–Crippen MR) is 399 cm³/mol. The molecule has 0 fully saturated rings. The van der Waals surface area contributed by atoms with E-state index in [4.69, 9.17) is 30.1 Å². The second kappa shape index (κ2) is 39.5. The van der Waals surface area contributed by atoms with Gasteiger partial charge >= 0.3 is 89.5 Å². The van der Waals surface area contributed by atoms with E-state index in [2.05, 4.69) is 266 Å². The molecule has 1 nitrogen and oxygen atoms in total. The van der Waals surface area contributed by atoms with Gasteiger partial charge in [-0.05, 0) is 127 Å². The molecule has 13 aromatic rings. The zero-order valence-corrected chi connectivity index (χ0v) is 64.5. The Kier molecular flexibility index (Phi) is 31.5. The maximum atomic E-state index is 7.15. The van der Waals surface area contributed by atoms with E-state index in [1.54, 1.807) is 12.1 Å². The van der Waals surface area contributed by atoms with Crippen molar-refractivity contribution < 1.29 is 93.9 Å². The minimum absolute atomic E-state index is 0. The molecule has 0 spiro atoms. The van der Waals surface area contributed by atoms with Crippen LogP contribution in [-0.2, 0) is 95.9 Å². The van der Waals surface area contributed by atoms with Gasteiger partial charge in [-0.1, -0.05) is 193 Å². The molecule has 0 bridgehead atoms. The van der Waals surface area contributed by atoms with Crippen molar-refractivity contribution in [1.82, 2.24) is 0 Å². The number of hydrogen-bond donors (Lipinski definition) is 0. The van der Waals surface area contributed by atoms with Crippen molar-refractivity contribution in [1.29, 1.82) is 0 Å². The summed E-state index contributed by atoms with van der Waals surface area (Å²) in [6.07, 6.45) is 34.5. The minimum atomic E-state index is -0.847. The van der Waals surface area contributed by atoms with Crippen LogP contribution in [-0.4, -0.2) is 18.2 Å². The average Bonchev–Trinajstić information content (AvgIpc) is 1.66. The fourth-order valence-electron chi connectivity index (χ4n) is 11.8. The van der Waals surface area contributed by atoms with Crippen LogP contribution in [0.15, 0.2) is 320 Å². The summed E-state index contributed by atoms with van der Waals surface area (Å²) in [5.41, 5.74) is 9.42. The van der Waals surface area contributed by atoms with Crippen LogP contribution in [0.25, 0.3) is 33.1 Å². The molecule has 95 heavy (non-hydrogen) atoms. The van der Waals surface area contributed by atoms with Gasteiger partial charge in [-0.3, -0.25) is 23.7 Å².